The van der Waals surface area contributed by atoms with E-state index in [1.54, 1.807) is 36.4 Å². The monoisotopic (exact) mass is 400 g/mol. The van der Waals surface area contributed by atoms with Gasteiger partial charge >= 0.3 is 0 Å². The minimum Gasteiger partial charge on any atom is -0.493 e. The van der Waals surface area contributed by atoms with E-state index < -0.39 is 5.41 Å². The second-order valence-corrected chi connectivity index (χ2v) is 7.50. The number of rotatable bonds is 7. The SMILES string of the molecule is COc1ccc(CC(=O)Nc2cccc(NC(=O)C(C)(C)C)c2)c(OC)c1OC. The molecule has 2 aromatic carbocycles. The van der Waals surface area contributed by atoms with Crippen LogP contribution in [0.25, 0.3) is 0 Å². The van der Waals surface area contributed by atoms with Crippen LogP contribution in [0.15, 0.2) is 36.4 Å². The summed E-state index contributed by atoms with van der Waals surface area (Å²) in [6.07, 6.45) is 0.0854. The van der Waals surface area contributed by atoms with Crippen LogP contribution in [0.3, 0.4) is 0 Å². The van der Waals surface area contributed by atoms with E-state index in [-0.39, 0.29) is 18.2 Å². The maximum atomic E-state index is 12.6. The van der Waals surface area contributed by atoms with E-state index in [9.17, 15) is 9.59 Å². The van der Waals surface area contributed by atoms with Gasteiger partial charge in [0.15, 0.2) is 11.5 Å². The molecule has 2 amide bonds. The van der Waals surface area contributed by atoms with Gasteiger partial charge in [-0.25, -0.2) is 0 Å². The zero-order valence-corrected chi connectivity index (χ0v) is 17.7. The summed E-state index contributed by atoms with van der Waals surface area (Å²) in [7, 11) is 4.57. The van der Waals surface area contributed by atoms with Gasteiger partial charge in [0.05, 0.1) is 27.8 Å². The molecular weight excluding hydrogens is 372 g/mol. The second-order valence-electron chi connectivity index (χ2n) is 7.50. The van der Waals surface area contributed by atoms with E-state index >= 15 is 0 Å². The number of amides is 2. The molecule has 7 nitrogen and oxygen atoms in total. The van der Waals surface area contributed by atoms with Gasteiger partial charge in [-0.2, -0.15) is 0 Å². The lowest BCUT2D eigenvalue weighted by atomic mass is 9.95. The van der Waals surface area contributed by atoms with Gasteiger partial charge in [-0.15, -0.1) is 0 Å². The molecule has 2 aromatic rings. The van der Waals surface area contributed by atoms with Crippen LogP contribution in [0.4, 0.5) is 11.4 Å². The van der Waals surface area contributed by atoms with E-state index in [2.05, 4.69) is 10.6 Å². The Bertz CT molecular complexity index is 887. The molecule has 0 aliphatic rings. The maximum Gasteiger partial charge on any atom is 0.229 e. The van der Waals surface area contributed by atoms with E-state index in [1.807, 2.05) is 20.8 Å². The van der Waals surface area contributed by atoms with Crippen LogP contribution in [0.1, 0.15) is 26.3 Å². The molecule has 0 spiro atoms. The number of anilines is 2. The Morgan fingerprint density at radius 2 is 1.48 bits per heavy atom. The highest BCUT2D eigenvalue weighted by Gasteiger charge is 2.21. The molecule has 0 saturated carbocycles. The smallest absolute Gasteiger partial charge is 0.229 e. The molecular formula is C22H28N2O5. The minimum absolute atomic E-state index is 0.0854. The van der Waals surface area contributed by atoms with Crippen molar-refractivity contribution in [1.29, 1.82) is 0 Å². The third kappa shape index (κ3) is 5.63. The lowest BCUT2D eigenvalue weighted by Crippen LogP contribution is -2.27. The fourth-order valence-corrected chi connectivity index (χ4v) is 2.67. The number of hydrogen-bond acceptors (Lipinski definition) is 5. The van der Waals surface area contributed by atoms with Gasteiger partial charge < -0.3 is 24.8 Å². The molecule has 0 saturated heterocycles. The lowest BCUT2D eigenvalue weighted by Gasteiger charge is -2.18. The lowest BCUT2D eigenvalue weighted by molar-refractivity contribution is -0.123. The molecule has 0 aliphatic heterocycles. The third-order valence-electron chi connectivity index (χ3n) is 4.22. The fraction of sp³-hybridized carbons (Fsp3) is 0.364. The number of methoxy groups -OCH3 is 3. The van der Waals surface area contributed by atoms with Crippen molar-refractivity contribution in [2.45, 2.75) is 27.2 Å². The Morgan fingerprint density at radius 1 is 0.862 bits per heavy atom. The van der Waals surface area contributed by atoms with Crippen LogP contribution < -0.4 is 24.8 Å². The van der Waals surface area contributed by atoms with Gasteiger partial charge in [-0.05, 0) is 24.3 Å². The molecule has 0 aromatic heterocycles. The van der Waals surface area contributed by atoms with Crippen LogP contribution in [0.5, 0.6) is 17.2 Å². The van der Waals surface area contributed by atoms with Crippen LogP contribution >= 0.6 is 0 Å². The summed E-state index contributed by atoms with van der Waals surface area (Å²) in [5.74, 6) is 1.09. The van der Waals surface area contributed by atoms with E-state index in [4.69, 9.17) is 14.2 Å². The van der Waals surface area contributed by atoms with Crippen molar-refractivity contribution in [3.8, 4) is 17.2 Å². The number of benzene rings is 2. The van der Waals surface area contributed by atoms with Crippen molar-refractivity contribution < 1.29 is 23.8 Å². The Morgan fingerprint density at radius 3 is 2.03 bits per heavy atom. The van der Waals surface area contributed by atoms with Crippen LogP contribution in [0.2, 0.25) is 0 Å². The van der Waals surface area contributed by atoms with Gasteiger partial charge in [-0.1, -0.05) is 32.9 Å². The van der Waals surface area contributed by atoms with Gasteiger partial charge in [0, 0.05) is 22.4 Å². The van der Waals surface area contributed by atoms with Gasteiger partial charge in [0.2, 0.25) is 17.6 Å². The first kappa shape index (κ1) is 22.1. The number of carbonyl (C=O) groups is 2. The van der Waals surface area contributed by atoms with Crippen molar-refractivity contribution in [2.24, 2.45) is 5.41 Å². The van der Waals surface area contributed by atoms with Gasteiger partial charge in [0.25, 0.3) is 0 Å². The number of carbonyl (C=O) groups excluding carboxylic acids is 2. The number of hydrogen-bond donors (Lipinski definition) is 2. The summed E-state index contributed by atoms with van der Waals surface area (Å²) in [6.45, 7) is 5.51. The maximum absolute atomic E-state index is 12.6. The molecule has 0 bridgehead atoms. The normalized spacial score (nSPS) is 10.8. The molecule has 29 heavy (non-hydrogen) atoms. The fourth-order valence-electron chi connectivity index (χ4n) is 2.67. The molecule has 7 heteroatoms. The summed E-state index contributed by atoms with van der Waals surface area (Å²) in [6, 6.07) is 10.5. The third-order valence-corrected chi connectivity index (χ3v) is 4.22. The zero-order valence-electron chi connectivity index (χ0n) is 17.7. The van der Waals surface area contributed by atoms with Gasteiger partial charge in [0.1, 0.15) is 0 Å². The first-order valence-electron chi connectivity index (χ1n) is 9.18. The zero-order chi connectivity index (χ0) is 21.6. The topological polar surface area (TPSA) is 85.9 Å². The molecule has 0 radical (unpaired) electrons. The van der Waals surface area contributed by atoms with E-state index in [0.717, 1.165) is 0 Å². The van der Waals surface area contributed by atoms with E-state index in [0.29, 0.717) is 34.2 Å². The standard InChI is InChI=1S/C22H28N2O5/c1-22(2,3)21(26)24-16-9-7-8-15(13-16)23-18(25)12-14-10-11-17(27-4)20(29-6)19(14)28-5/h7-11,13H,12H2,1-6H3,(H,23,25)(H,24,26). The highest BCUT2D eigenvalue weighted by molar-refractivity contribution is 5.96. The molecule has 0 heterocycles. The Labute approximate surface area is 171 Å². The average molecular weight is 400 g/mol. The van der Waals surface area contributed by atoms with E-state index in [1.165, 1.54) is 21.3 Å². The number of nitrogens with one attached hydrogen (secondary N) is 2. The average Bonchev–Trinajstić information content (AvgIpc) is 2.66. The molecule has 2 N–H and O–H groups in total. The molecule has 0 aliphatic carbocycles. The minimum atomic E-state index is -0.511. The Hall–Kier alpha value is -3.22. The van der Waals surface area contributed by atoms with Crippen LogP contribution in [-0.2, 0) is 16.0 Å². The largest absolute Gasteiger partial charge is 0.493 e. The van der Waals surface area contributed by atoms with Crippen molar-refractivity contribution in [3.05, 3.63) is 42.0 Å². The van der Waals surface area contributed by atoms with Crippen LogP contribution in [-0.4, -0.2) is 33.1 Å². The summed E-state index contributed by atoms with van der Waals surface area (Å²) in [5.41, 5.74) is 1.36. The predicted octanol–water partition coefficient (Wildman–Crippen LogP) is 3.88. The molecule has 0 atom stereocenters. The molecule has 0 unspecified atom stereocenters. The summed E-state index contributed by atoms with van der Waals surface area (Å²) < 4.78 is 16.0. The van der Waals surface area contributed by atoms with Crippen LogP contribution in [0, 0.1) is 5.41 Å². The summed E-state index contributed by atoms with van der Waals surface area (Å²) in [4.78, 5) is 24.7. The van der Waals surface area contributed by atoms with Crippen molar-refractivity contribution >= 4 is 23.2 Å². The van der Waals surface area contributed by atoms with Crippen molar-refractivity contribution in [2.75, 3.05) is 32.0 Å². The highest BCUT2D eigenvalue weighted by atomic mass is 16.5. The first-order valence-corrected chi connectivity index (χ1v) is 9.18. The number of ether oxygens (including phenoxy) is 3. The summed E-state index contributed by atoms with van der Waals surface area (Å²) >= 11 is 0. The van der Waals surface area contributed by atoms with Crippen molar-refractivity contribution in [1.82, 2.24) is 0 Å². The Kier molecular flexibility index (Phi) is 7.09. The quantitative estimate of drug-likeness (QED) is 0.737. The summed E-state index contributed by atoms with van der Waals surface area (Å²) in [5, 5.41) is 5.69. The highest BCUT2D eigenvalue weighted by Crippen LogP contribution is 2.40. The predicted molar refractivity (Wildman–Crippen MR) is 113 cm³/mol. The molecule has 2 rings (SSSR count). The van der Waals surface area contributed by atoms with Crippen molar-refractivity contribution in [3.63, 3.8) is 0 Å². The second kappa shape index (κ2) is 9.32. The Balaban J connectivity index is 2.14. The first-order chi connectivity index (χ1) is 13.7. The molecule has 0 fully saturated rings. The van der Waals surface area contributed by atoms with Gasteiger partial charge in [-0.3, -0.25) is 9.59 Å². The molecule has 156 valence electrons.